The van der Waals surface area contributed by atoms with Crippen molar-refractivity contribution in [3.05, 3.63) is 0 Å². The van der Waals surface area contributed by atoms with Crippen LogP contribution in [0.5, 0.6) is 0 Å². The van der Waals surface area contributed by atoms with Gasteiger partial charge in [-0.2, -0.15) is 0 Å². The highest BCUT2D eigenvalue weighted by atomic mass is 14.9. The fraction of sp³-hybridized carbons (Fsp3) is 1.00. The Morgan fingerprint density at radius 3 is 1.58 bits per heavy atom. The van der Waals surface area contributed by atoms with E-state index in [0.717, 1.165) is 5.92 Å². The van der Waals surface area contributed by atoms with E-state index in [1.165, 1.54) is 51.9 Å². The molecule has 0 aromatic heterocycles. The Morgan fingerprint density at radius 2 is 1.33 bits per heavy atom. The van der Waals surface area contributed by atoms with Crippen molar-refractivity contribution in [2.75, 3.05) is 26.2 Å². The van der Waals surface area contributed by atoms with Gasteiger partial charge in [0.1, 0.15) is 0 Å². The molecular weight excluding hydrogens is 148 g/mol. The van der Waals surface area contributed by atoms with Gasteiger partial charge >= 0.3 is 0 Å². The van der Waals surface area contributed by atoms with Crippen LogP contribution in [-0.4, -0.2) is 26.2 Å². The van der Waals surface area contributed by atoms with E-state index in [4.69, 9.17) is 0 Å². The third kappa shape index (κ3) is 4.73. The van der Waals surface area contributed by atoms with E-state index < -0.39 is 0 Å². The highest BCUT2D eigenvalue weighted by Gasteiger charge is 2.04. The zero-order chi connectivity index (χ0) is 8.65. The molecule has 0 aromatic rings. The van der Waals surface area contributed by atoms with Crippen molar-refractivity contribution in [2.24, 2.45) is 5.92 Å². The Kier molecular flexibility index (Phi) is 5.37. The van der Waals surface area contributed by atoms with Gasteiger partial charge in [-0.15, -0.1) is 0 Å². The quantitative estimate of drug-likeness (QED) is 0.574. The lowest BCUT2D eigenvalue weighted by atomic mass is 10.0. The maximum atomic E-state index is 3.32. The molecule has 2 aliphatic heterocycles. The maximum Gasteiger partial charge on any atom is -0.00464 e. The first-order valence-electron chi connectivity index (χ1n) is 5.31. The van der Waals surface area contributed by atoms with Crippen LogP contribution in [0.15, 0.2) is 0 Å². The number of piperidine rings is 1. The lowest BCUT2D eigenvalue weighted by Crippen LogP contribution is -2.26. The highest BCUT2D eigenvalue weighted by molar-refractivity contribution is 4.62. The van der Waals surface area contributed by atoms with Crippen molar-refractivity contribution in [3.63, 3.8) is 0 Å². The van der Waals surface area contributed by atoms with E-state index in [0.29, 0.717) is 0 Å². The Bertz CT molecular complexity index is 86.4. The van der Waals surface area contributed by atoms with E-state index in [1.807, 2.05) is 0 Å². The molecule has 2 saturated heterocycles. The van der Waals surface area contributed by atoms with Gasteiger partial charge in [0.05, 0.1) is 0 Å². The number of nitrogens with one attached hydrogen (secondary N) is 2. The van der Waals surface area contributed by atoms with Crippen LogP contribution in [-0.2, 0) is 0 Å². The lowest BCUT2D eigenvalue weighted by molar-refractivity contribution is 0.402. The molecule has 2 aliphatic rings. The molecule has 2 N–H and O–H groups in total. The summed E-state index contributed by atoms with van der Waals surface area (Å²) in [6.45, 7) is 7.29. The standard InChI is InChI=1S/C6H13N.C4H9N/c1-6-2-4-7-5-3-6;1-2-4-5-3-1/h6-7H,2-5H2,1H3;5H,1-4H2. The van der Waals surface area contributed by atoms with Gasteiger partial charge in [-0.05, 0) is 57.8 Å². The Morgan fingerprint density at radius 1 is 0.833 bits per heavy atom. The maximum absolute atomic E-state index is 3.32. The Hall–Kier alpha value is -0.0800. The zero-order valence-electron chi connectivity index (χ0n) is 8.23. The molecule has 0 unspecified atom stereocenters. The van der Waals surface area contributed by atoms with Crippen LogP contribution < -0.4 is 10.6 Å². The zero-order valence-corrected chi connectivity index (χ0v) is 8.23. The normalized spacial score (nSPS) is 24.8. The van der Waals surface area contributed by atoms with Gasteiger partial charge in [0.2, 0.25) is 0 Å². The number of hydrogen-bond acceptors (Lipinski definition) is 2. The summed E-state index contributed by atoms with van der Waals surface area (Å²) < 4.78 is 0. The van der Waals surface area contributed by atoms with Crippen molar-refractivity contribution < 1.29 is 0 Å². The lowest BCUT2D eigenvalue weighted by Gasteiger charge is -2.17. The molecule has 2 fully saturated rings. The molecule has 2 rings (SSSR count). The fourth-order valence-corrected chi connectivity index (χ4v) is 1.59. The van der Waals surface area contributed by atoms with Gasteiger partial charge in [-0.1, -0.05) is 6.92 Å². The van der Waals surface area contributed by atoms with Crippen LogP contribution in [0.1, 0.15) is 32.6 Å². The van der Waals surface area contributed by atoms with Crippen LogP contribution >= 0.6 is 0 Å². The highest BCUT2D eigenvalue weighted by Crippen LogP contribution is 2.08. The minimum absolute atomic E-state index is 0.973. The predicted octanol–water partition coefficient (Wildman–Crippen LogP) is 1.38. The largest absolute Gasteiger partial charge is 0.317 e. The topological polar surface area (TPSA) is 24.1 Å². The molecule has 2 heterocycles. The van der Waals surface area contributed by atoms with E-state index >= 15 is 0 Å². The number of rotatable bonds is 0. The summed E-state index contributed by atoms with van der Waals surface area (Å²) in [5.41, 5.74) is 0. The monoisotopic (exact) mass is 170 g/mol. The predicted molar refractivity (Wildman–Crippen MR) is 53.4 cm³/mol. The van der Waals surface area contributed by atoms with Crippen molar-refractivity contribution in [1.82, 2.24) is 10.6 Å². The van der Waals surface area contributed by atoms with Gasteiger partial charge in [0, 0.05) is 0 Å². The molecule has 2 nitrogen and oxygen atoms in total. The average Bonchev–Trinajstić information content (AvgIpc) is 2.62. The second kappa shape index (κ2) is 6.44. The van der Waals surface area contributed by atoms with E-state index in [9.17, 15) is 0 Å². The first kappa shape index (κ1) is 10.0. The van der Waals surface area contributed by atoms with Crippen LogP contribution in [0, 0.1) is 5.92 Å². The van der Waals surface area contributed by atoms with Gasteiger partial charge in [0.15, 0.2) is 0 Å². The molecule has 0 aliphatic carbocycles. The number of hydrogen-bond donors (Lipinski definition) is 2. The van der Waals surface area contributed by atoms with E-state index in [1.54, 1.807) is 0 Å². The van der Waals surface area contributed by atoms with Gasteiger partial charge < -0.3 is 10.6 Å². The van der Waals surface area contributed by atoms with Crippen LogP contribution in [0.25, 0.3) is 0 Å². The molecule has 2 heteroatoms. The molecule has 0 amide bonds. The molecule has 0 aromatic carbocycles. The smallest absolute Gasteiger partial charge is 0.00464 e. The third-order valence-corrected chi connectivity index (χ3v) is 2.58. The summed E-state index contributed by atoms with van der Waals surface area (Å²) in [7, 11) is 0. The Balaban J connectivity index is 0.000000127. The summed E-state index contributed by atoms with van der Waals surface area (Å²) in [4.78, 5) is 0. The summed E-state index contributed by atoms with van der Waals surface area (Å²) in [6, 6.07) is 0. The van der Waals surface area contributed by atoms with Crippen molar-refractivity contribution in [3.8, 4) is 0 Å². The summed E-state index contributed by atoms with van der Waals surface area (Å²) in [5, 5.41) is 6.54. The van der Waals surface area contributed by atoms with Crippen molar-refractivity contribution in [2.45, 2.75) is 32.6 Å². The second-order valence-electron chi connectivity index (χ2n) is 3.89. The molecule has 0 radical (unpaired) electrons. The molecule has 12 heavy (non-hydrogen) atoms. The van der Waals surface area contributed by atoms with Gasteiger partial charge in [-0.3, -0.25) is 0 Å². The first-order chi connectivity index (χ1) is 5.89. The van der Waals surface area contributed by atoms with Gasteiger partial charge in [-0.25, -0.2) is 0 Å². The van der Waals surface area contributed by atoms with E-state index in [2.05, 4.69) is 17.6 Å². The molecule has 0 saturated carbocycles. The second-order valence-corrected chi connectivity index (χ2v) is 3.89. The molecule has 0 spiro atoms. The Labute approximate surface area is 76.1 Å². The van der Waals surface area contributed by atoms with Crippen molar-refractivity contribution >= 4 is 0 Å². The first-order valence-corrected chi connectivity index (χ1v) is 5.31. The van der Waals surface area contributed by atoms with Crippen LogP contribution in [0.4, 0.5) is 0 Å². The van der Waals surface area contributed by atoms with Crippen LogP contribution in [0.2, 0.25) is 0 Å². The van der Waals surface area contributed by atoms with E-state index in [-0.39, 0.29) is 0 Å². The summed E-state index contributed by atoms with van der Waals surface area (Å²) in [6.07, 6.45) is 5.53. The molecule has 72 valence electrons. The minimum atomic E-state index is 0.973. The minimum Gasteiger partial charge on any atom is -0.317 e. The molecular formula is C10H22N2. The summed E-state index contributed by atoms with van der Waals surface area (Å²) in [5.74, 6) is 0.973. The molecule has 0 atom stereocenters. The summed E-state index contributed by atoms with van der Waals surface area (Å²) >= 11 is 0. The third-order valence-electron chi connectivity index (χ3n) is 2.58. The van der Waals surface area contributed by atoms with Gasteiger partial charge in [0.25, 0.3) is 0 Å². The molecule has 0 bridgehead atoms. The fourth-order valence-electron chi connectivity index (χ4n) is 1.59. The average molecular weight is 170 g/mol. The van der Waals surface area contributed by atoms with Crippen LogP contribution in [0.3, 0.4) is 0 Å². The van der Waals surface area contributed by atoms with Crippen molar-refractivity contribution in [1.29, 1.82) is 0 Å². The SMILES string of the molecule is C1CCNC1.CC1CCNCC1.